The molecule has 0 aromatic carbocycles. The largest absolute Gasteiger partial charge is 0.316 e. The van der Waals surface area contributed by atoms with Crippen LogP contribution in [0.4, 0.5) is 0 Å². The van der Waals surface area contributed by atoms with Crippen molar-refractivity contribution in [3.8, 4) is 0 Å². The maximum absolute atomic E-state index is 3.44. The van der Waals surface area contributed by atoms with Crippen molar-refractivity contribution < 1.29 is 0 Å². The molecule has 3 heteroatoms. The molecule has 2 nitrogen and oxygen atoms in total. The lowest BCUT2D eigenvalue weighted by molar-refractivity contribution is 0.395. The molecule has 0 aromatic rings. The molecule has 0 aromatic heterocycles. The van der Waals surface area contributed by atoms with E-state index in [2.05, 4.69) is 37.5 Å². The van der Waals surface area contributed by atoms with E-state index < -0.39 is 0 Å². The SMILES string of the molecule is CSC(C)CNCCCN(C)C. The third-order valence-electron chi connectivity index (χ3n) is 1.79. The van der Waals surface area contributed by atoms with Crippen LogP contribution in [0.5, 0.6) is 0 Å². The Morgan fingerprint density at radius 1 is 1.42 bits per heavy atom. The quantitative estimate of drug-likeness (QED) is 0.609. The lowest BCUT2D eigenvalue weighted by Crippen LogP contribution is -2.26. The van der Waals surface area contributed by atoms with E-state index in [1.54, 1.807) is 0 Å². The van der Waals surface area contributed by atoms with Crippen LogP contribution in [0.3, 0.4) is 0 Å². The Morgan fingerprint density at radius 2 is 2.08 bits per heavy atom. The molecule has 74 valence electrons. The molecule has 0 bridgehead atoms. The highest BCUT2D eigenvalue weighted by Gasteiger charge is 1.97. The first-order valence-electron chi connectivity index (χ1n) is 4.55. The van der Waals surface area contributed by atoms with Crippen LogP contribution >= 0.6 is 11.8 Å². The van der Waals surface area contributed by atoms with Crippen molar-refractivity contribution in [2.45, 2.75) is 18.6 Å². The number of rotatable bonds is 7. The van der Waals surface area contributed by atoms with Gasteiger partial charge in [0.15, 0.2) is 0 Å². The van der Waals surface area contributed by atoms with E-state index in [1.165, 1.54) is 13.0 Å². The normalized spacial score (nSPS) is 13.8. The summed E-state index contributed by atoms with van der Waals surface area (Å²) < 4.78 is 0. The summed E-state index contributed by atoms with van der Waals surface area (Å²) in [6.45, 7) is 5.71. The standard InChI is InChI=1S/C9H22N2S/c1-9(12-4)8-10-6-5-7-11(2)3/h9-10H,5-8H2,1-4H3. The summed E-state index contributed by atoms with van der Waals surface area (Å²) in [5.74, 6) is 0. The fourth-order valence-corrected chi connectivity index (χ4v) is 1.19. The minimum absolute atomic E-state index is 0.740. The zero-order valence-electron chi connectivity index (χ0n) is 8.76. The van der Waals surface area contributed by atoms with E-state index in [9.17, 15) is 0 Å². The molecule has 0 radical (unpaired) electrons. The molecule has 0 rings (SSSR count). The predicted molar refractivity (Wildman–Crippen MR) is 59.0 cm³/mol. The topological polar surface area (TPSA) is 15.3 Å². The van der Waals surface area contributed by atoms with Gasteiger partial charge in [-0.15, -0.1) is 0 Å². The van der Waals surface area contributed by atoms with Crippen LogP contribution in [0.15, 0.2) is 0 Å². The Morgan fingerprint density at radius 3 is 2.58 bits per heavy atom. The Kier molecular flexibility index (Phi) is 8.07. The smallest absolute Gasteiger partial charge is 0.0141 e. The molecule has 0 aliphatic carbocycles. The summed E-state index contributed by atoms with van der Waals surface area (Å²) >= 11 is 1.92. The average Bonchev–Trinajstić information content (AvgIpc) is 2.03. The molecule has 0 heterocycles. The van der Waals surface area contributed by atoms with Crippen LogP contribution in [0.2, 0.25) is 0 Å². The summed E-state index contributed by atoms with van der Waals surface area (Å²) in [7, 11) is 4.23. The highest BCUT2D eigenvalue weighted by atomic mass is 32.2. The number of thioether (sulfide) groups is 1. The molecular formula is C9H22N2S. The molecule has 0 saturated carbocycles. The van der Waals surface area contributed by atoms with E-state index >= 15 is 0 Å². The second kappa shape index (κ2) is 7.90. The first kappa shape index (κ1) is 12.3. The molecule has 0 aliphatic rings. The third kappa shape index (κ3) is 8.37. The highest BCUT2D eigenvalue weighted by molar-refractivity contribution is 7.99. The summed E-state index contributed by atoms with van der Waals surface area (Å²) in [4.78, 5) is 2.22. The Hall–Kier alpha value is 0.270. The first-order chi connectivity index (χ1) is 5.66. The lowest BCUT2D eigenvalue weighted by atomic mass is 10.4. The summed E-state index contributed by atoms with van der Waals surface area (Å²) in [5, 5.41) is 4.18. The Labute approximate surface area is 81.1 Å². The van der Waals surface area contributed by atoms with Crippen molar-refractivity contribution >= 4 is 11.8 Å². The Bertz CT molecular complexity index is 96.5. The van der Waals surface area contributed by atoms with E-state index in [0.717, 1.165) is 18.3 Å². The predicted octanol–water partition coefficient (Wildman–Crippen LogP) is 1.28. The van der Waals surface area contributed by atoms with Crippen molar-refractivity contribution in [3.05, 3.63) is 0 Å². The van der Waals surface area contributed by atoms with Crippen molar-refractivity contribution in [1.82, 2.24) is 10.2 Å². The summed E-state index contributed by atoms with van der Waals surface area (Å²) in [6, 6.07) is 0. The van der Waals surface area contributed by atoms with Crippen molar-refractivity contribution in [1.29, 1.82) is 0 Å². The van der Waals surface area contributed by atoms with Crippen LogP contribution in [-0.4, -0.2) is 50.1 Å². The van der Waals surface area contributed by atoms with E-state index in [0.29, 0.717) is 0 Å². The summed E-state index contributed by atoms with van der Waals surface area (Å²) in [6.07, 6.45) is 3.40. The third-order valence-corrected chi connectivity index (χ3v) is 2.76. The second-order valence-corrected chi connectivity index (χ2v) is 4.68. The molecule has 1 N–H and O–H groups in total. The van der Waals surface area contributed by atoms with Gasteiger partial charge >= 0.3 is 0 Å². The molecule has 1 atom stereocenters. The van der Waals surface area contributed by atoms with Crippen molar-refractivity contribution in [2.24, 2.45) is 0 Å². The molecule has 0 saturated heterocycles. The maximum Gasteiger partial charge on any atom is 0.0141 e. The number of hydrogen-bond donors (Lipinski definition) is 1. The van der Waals surface area contributed by atoms with Crippen LogP contribution in [0.1, 0.15) is 13.3 Å². The summed E-state index contributed by atoms with van der Waals surface area (Å²) in [5.41, 5.74) is 0. The van der Waals surface area contributed by atoms with E-state index in [1.807, 2.05) is 11.8 Å². The minimum atomic E-state index is 0.740. The fourth-order valence-electron chi connectivity index (χ4n) is 0.909. The number of nitrogens with one attached hydrogen (secondary N) is 1. The van der Waals surface area contributed by atoms with Gasteiger partial charge in [-0.2, -0.15) is 11.8 Å². The lowest BCUT2D eigenvalue weighted by Gasteiger charge is -2.11. The van der Waals surface area contributed by atoms with Crippen molar-refractivity contribution in [3.63, 3.8) is 0 Å². The van der Waals surface area contributed by atoms with Crippen LogP contribution in [0.25, 0.3) is 0 Å². The van der Waals surface area contributed by atoms with Gasteiger partial charge < -0.3 is 10.2 Å². The molecular weight excluding hydrogens is 168 g/mol. The molecule has 0 amide bonds. The van der Waals surface area contributed by atoms with Gasteiger partial charge in [-0.05, 0) is 39.9 Å². The van der Waals surface area contributed by atoms with E-state index in [4.69, 9.17) is 0 Å². The van der Waals surface area contributed by atoms with Gasteiger partial charge in [0.2, 0.25) is 0 Å². The minimum Gasteiger partial charge on any atom is -0.316 e. The van der Waals surface area contributed by atoms with Gasteiger partial charge in [0.25, 0.3) is 0 Å². The van der Waals surface area contributed by atoms with Gasteiger partial charge in [0.05, 0.1) is 0 Å². The van der Waals surface area contributed by atoms with Gasteiger partial charge in [0.1, 0.15) is 0 Å². The van der Waals surface area contributed by atoms with Gasteiger partial charge in [-0.1, -0.05) is 6.92 Å². The zero-order valence-corrected chi connectivity index (χ0v) is 9.58. The zero-order chi connectivity index (χ0) is 9.40. The molecule has 0 aliphatic heterocycles. The van der Waals surface area contributed by atoms with Crippen LogP contribution in [0, 0.1) is 0 Å². The highest BCUT2D eigenvalue weighted by Crippen LogP contribution is 2.01. The molecule has 0 fully saturated rings. The molecule has 0 spiro atoms. The number of nitrogens with zero attached hydrogens (tertiary/aromatic N) is 1. The van der Waals surface area contributed by atoms with Crippen LogP contribution < -0.4 is 5.32 Å². The average molecular weight is 190 g/mol. The van der Waals surface area contributed by atoms with Crippen molar-refractivity contribution in [2.75, 3.05) is 40.0 Å². The number of hydrogen-bond acceptors (Lipinski definition) is 3. The fraction of sp³-hybridized carbons (Fsp3) is 1.00. The van der Waals surface area contributed by atoms with Crippen LogP contribution in [-0.2, 0) is 0 Å². The maximum atomic E-state index is 3.44. The van der Waals surface area contributed by atoms with Gasteiger partial charge in [-0.25, -0.2) is 0 Å². The monoisotopic (exact) mass is 190 g/mol. The second-order valence-electron chi connectivity index (χ2n) is 3.41. The molecule has 12 heavy (non-hydrogen) atoms. The first-order valence-corrected chi connectivity index (χ1v) is 5.84. The Balaban J connectivity index is 3.00. The van der Waals surface area contributed by atoms with Gasteiger partial charge in [-0.3, -0.25) is 0 Å². The molecule has 1 unspecified atom stereocenters. The van der Waals surface area contributed by atoms with Gasteiger partial charge in [0, 0.05) is 11.8 Å². The van der Waals surface area contributed by atoms with E-state index in [-0.39, 0.29) is 0 Å².